The van der Waals surface area contributed by atoms with E-state index in [9.17, 15) is 9.18 Å². The fourth-order valence-corrected chi connectivity index (χ4v) is 2.69. The number of aromatic nitrogens is 1. The molecule has 5 nitrogen and oxygen atoms in total. The maximum Gasteiger partial charge on any atom is 0.331 e. The standard InChI is InChI=1S/C18H14FNO4S/c1-22-15-6-4-12(9-14(15)19)5-7-17(21)23-10-13-11-24-18(20-13)16-3-2-8-25-16/h2-9,11H,10H2,1H3/b7-5+. The second-order valence-electron chi connectivity index (χ2n) is 4.96. The lowest BCUT2D eigenvalue weighted by molar-refractivity contribution is -0.139. The summed E-state index contributed by atoms with van der Waals surface area (Å²) in [7, 11) is 1.39. The van der Waals surface area contributed by atoms with Gasteiger partial charge in [0.05, 0.1) is 12.0 Å². The predicted octanol–water partition coefficient (Wildman–Crippen LogP) is 4.31. The molecule has 0 aliphatic rings. The Bertz CT molecular complexity index is 886. The summed E-state index contributed by atoms with van der Waals surface area (Å²) < 4.78 is 28.8. The van der Waals surface area contributed by atoms with Crippen molar-refractivity contribution >= 4 is 23.4 Å². The number of halogens is 1. The highest BCUT2D eigenvalue weighted by molar-refractivity contribution is 7.13. The molecule has 128 valence electrons. The van der Waals surface area contributed by atoms with Gasteiger partial charge in [0, 0.05) is 6.08 Å². The highest BCUT2D eigenvalue weighted by atomic mass is 32.1. The summed E-state index contributed by atoms with van der Waals surface area (Å²) in [6.45, 7) is -0.00494. The zero-order chi connectivity index (χ0) is 17.6. The molecule has 0 N–H and O–H groups in total. The van der Waals surface area contributed by atoms with E-state index in [2.05, 4.69) is 4.98 Å². The fraction of sp³-hybridized carbons (Fsp3) is 0.111. The van der Waals surface area contributed by atoms with E-state index in [4.69, 9.17) is 13.9 Å². The molecule has 0 bridgehead atoms. The van der Waals surface area contributed by atoms with Crippen molar-refractivity contribution in [1.82, 2.24) is 4.98 Å². The van der Waals surface area contributed by atoms with Crippen LogP contribution in [0.4, 0.5) is 4.39 Å². The van der Waals surface area contributed by atoms with E-state index >= 15 is 0 Å². The molecule has 1 aromatic carbocycles. The topological polar surface area (TPSA) is 61.6 Å². The SMILES string of the molecule is COc1ccc(/C=C/C(=O)OCc2coc(-c3cccs3)n2)cc1F. The van der Waals surface area contributed by atoms with Crippen LogP contribution in [0.2, 0.25) is 0 Å². The van der Waals surface area contributed by atoms with Gasteiger partial charge in [-0.25, -0.2) is 14.2 Å². The summed E-state index contributed by atoms with van der Waals surface area (Å²) in [6, 6.07) is 8.19. The highest BCUT2D eigenvalue weighted by Crippen LogP contribution is 2.23. The molecular weight excluding hydrogens is 345 g/mol. The molecule has 0 aliphatic carbocycles. The summed E-state index contributed by atoms with van der Waals surface area (Å²) in [4.78, 5) is 16.9. The molecule has 7 heteroatoms. The van der Waals surface area contributed by atoms with Gasteiger partial charge in [0.1, 0.15) is 18.6 Å². The van der Waals surface area contributed by atoms with Crippen LogP contribution in [0.15, 0.2) is 52.5 Å². The van der Waals surface area contributed by atoms with Crippen molar-refractivity contribution in [3.05, 3.63) is 65.1 Å². The number of ether oxygens (including phenoxy) is 2. The second-order valence-corrected chi connectivity index (χ2v) is 5.90. The van der Waals surface area contributed by atoms with Gasteiger partial charge in [-0.2, -0.15) is 0 Å². The van der Waals surface area contributed by atoms with Crippen molar-refractivity contribution in [2.45, 2.75) is 6.61 Å². The maximum atomic E-state index is 13.6. The monoisotopic (exact) mass is 359 g/mol. The quantitative estimate of drug-likeness (QED) is 0.485. The Morgan fingerprint density at radius 1 is 1.40 bits per heavy atom. The number of hydrogen-bond donors (Lipinski definition) is 0. The highest BCUT2D eigenvalue weighted by Gasteiger charge is 2.09. The Morgan fingerprint density at radius 3 is 3.00 bits per heavy atom. The number of nitrogens with zero attached hydrogens (tertiary/aromatic N) is 1. The molecule has 0 amide bonds. The average molecular weight is 359 g/mol. The maximum absolute atomic E-state index is 13.6. The third-order valence-corrected chi connectivity index (χ3v) is 4.09. The summed E-state index contributed by atoms with van der Waals surface area (Å²) in [5, 5.41) is 1.92. The molecule has 0 saturated carbocycles. The lowest BCUT2D eigenvalue weighted by Gasteiger charge is -2.02. The number of thiophene rings is 1. The van der Waals surface area contributed by atoms with E-state index < -0.39 is 11.8 Å². The van der Waals surface area contributed by atoms with Gasteiger partial charge in [-0.05, 0) is 35.2 Å². The number of methoxy groups -OCH3 is 1. The predicted molar refractivity (Wildman–Crippen MR) is 91.6 cm³/mol. The Kier molecular flexibility index (Phi) is 5.25. The van der Waals surface area contributed by atoms with E-state index in [0.29, 0.717) is 17.1 Å². The van der Waals surface area contributed by atoms with Gasteiger partial charge >= 0.3 is 5.97 Å². The molecule has 0 radical (unpaired) electrons. The van der Waals surface area contributed by atoms with Gasteiger partial charge in [0.2, 0.25) is 5.89 Å². The van der Waals surface area contributed by atoms with Gasteiger partial charge in [-0.3, -0.25) is 0 Å². The first kappa shape index (κ1) is 16.9. The molecule has 2 heterocycles. The van der Waals surface area contributed by atoms with Crippen LogP contribution in [0, 0.1) is 5.82 Å². The molecule has 0 fully saturated rings. The van der Waals surface area contributed by atoms with E-state index in [-0.39, 0.29) is 12.4 Å². The lowest BCUT2D eigenvalue weighted by atomic mass is 10.2. The van der Waals surface area contributed by atoms with Crippen molar-refractivity contribution in [3.63, 3.8) is 0 Å². The van der Waals surface area contributed by atoms with Gasteiger partial charge in [0.25, 0.3) is 0 Å². The molecule has 25 heavy (non-hydrogen) atoms. The van der Waals surface area contributed by atoms with Crippen LogP contribution in [0.5, 0.6) is 5.75 Å². The van der Waals surface area contributed by atoms with E-state index in [0.717, 1.165) is 4.88 Å². The zero-order valence-electron chi connectivity index (χ0n) is 13.3. The third-order valence-electron chi connectivity index (χ3n) is 3.23. The van der Waals surface area contributed by atoms with E-state index in [1.165, 1.54) is 49.0 Å². The molecule has 3 rings (SSSR count). The van der Waals surface area contributed by atoms with Crippen LogP contribution in [-0.2, 0) is 16.1 Å². The largest absolute Gasteiger partial charge is 0.494 e. The van der Waals surface area contributed by atoms with Crippen molar-refractivity contribution < 1.29 is 23.1 Å². The van der Waals surface area contributed by atoms with Crippen molar-refractivity contribution in [2.75, 3.05) is 7.11 Å². The molecule has 0 atom stereocenters. The first-order valence-corrected chi connectivity index (χ1v) is 8.20. The van der Waals surface area contributed by atoms with Crippen LogP contribution in [0.25, 0.3) is 16.8 Å². The number of carbonyl (C=O) groups excluding carboxylic acids is 1. The number of carbonyl (C=O) groups is 1. The summed E-state index contributed by atoms with van der Waals surface area (Å²) in [5.41, 5.74) is 1.04. The summed E-state index contributed by atoms with van der Waals surface area (Å²) in [6.07, 6.45) is 4.14. The fourth-order valence-electron chi connectivity index (χ4n) is 2.03. The van der Waals surface area contributed by atoms with E-state index in [1.807, 2.05) is 17.5 Å². The van der Waals surface area contributed by atoms with Crippen LogP contribution < -0.4 is 4.74 Å². The van der Waals surface area contributed by atoms with Gasteiger partial charge in [-0.1, -0.05) is 12.1 Å². The number of rotatable bonds is 6. The minimum absolute atomic E-state index is 0.00494. The second kappa shape index (κ2) is 7.76. The van der Waals surface area contributed by atoms with Gasteiger partial charge < -0.3 is 13.9 Å². The zero-order valence-corrected chi connectivity index (χ0v) is 14.1. The number of esters is 1. The van der Waals surface area contributed by atoms with Crippen LogP contribution >= 0.6 is 11.3 Å². The summed E-state index contributed by atoms with van der Waals surface area (Å²) in [5.74, 6) is -0.420. The van der Waals surface area contributed by atoms with Crippen molar-refractivity contribution in [2.24, 2.45) is 0 Å². The number of hydrogen-bond acceptors (Lipinski definition) is 6. The average Bonchev–Trinajstić information content (AvgIpc) is 3.29. The molecule has 0 unspecified atom stereocenters. The third kappa shape index (κ3) is 4.33. The molecule has 0 aliphatic heterocycles. The summed E-state index contributed by atoms with van der Waals surface area (Å²) >= 11 is 1.51. The lowest BCUT2D eigenvalue weighted by Crippen LogP contribution is -2.01. The molecule has 3 aromatic rings. The Labute approximate surface area is 147 Å². The van der Waals surface area contributed by atoms with Crippen LogP contribution in [0.1, 0.15) is 11.3 Å². The molecule has 0 spiro atoms. The van der Waals surface area contributed by atoms with Crippen molar-refractivity contribution in [1.29, 1.82) is 0 Å². The Hall–Kier alpha value is -2.93. The molecule has 0 saturated heterocycles. The van der Waals surface area contributed by atoms with Gasteiger partial charge in [-0.15, -0.1) is 11.3 Å². The first-order valence-electron chi connectivity index (χ1n) is 7.32. The van der Waals surface area contributed by atoms with Crippen LogP contribution in [-0.4, -0.2) is 18.1 Å². The molecule has 2 aromatic heterocycles. The minimum atomic E-state index is -0.558. The van der Waals surface area contributed by atoms with Crippen molar-refractivity contribution in [3.8, 4) is 16.5 Å². The number of benzene rings is 1. The normalized spacial score (nSPS) is 11.0. The van der Waals surface area contributed by atoms with E-state index in [1.54, 1.807) is 6.07 Å². The number of oxazole rings is 1. The molecular formula is C18H14FNO4S. The first-order chi connectivity index (χ1) is 12.2. The Balaban J connectivity index is 1.55. The van der Waals surface area contributed by atoms with Gasteiger partial charge in [0.15, 0.2) is 11.6 Å². The smallest absolute Gasteiger partial charge is 0.331 e. The Morgan fingerprint density at radius 2 is 2.28 bits per heavy atom. The van der Waals surface area contributed by atoms with Crippen LogP contribution in [0.3, 0.4) is 0 Å². The minimum Gasteiger partial charge on any atom is -0.494 e.